The molecule has 0 spiro atoms. The predicted molar refractivity (Wildman–Crippen MR) is 45.9 cm³/mol. The molecule has 0 radical (unpaired) electrons. The van der Waals surface area contributed by atoms with Gasteiger partial charge >= 0.3 is 6.18 Å². The van der Waals surface area contributed by atoms with Crippen LogP contribution in [0.25, 0.3) is 0 Å². The van der Waals surface area contributed by atoms with Gasteiger partial charge in [-0.2, -0.15) is 13.2 Å². The summed E-state index contributed by atoms with van der Waals surface area (Å²) in [6, 6.07) is 0. The lowest BCUT2D eigenvalue weighted by Crippen LogP contribution is -2.49. The van der Waals surface area contributed by atoms with Crippen LogP contribution in [-0.4, -0.2) is 36.5 Å². The van der Waals surface area contributed by atoms with Crippen molar-refractivity contribution in [3.05, 3.63) is 0 Å². The van der Waals surface area contributed by atoms with Crippen LogP contribution in [0.4, 0.5) is 13.2 Å². The first-order valence-corrected chi connectivity index (χ1v) is 4.53. The number of piperidine rings is 1. The molecule has 14 heavy (non-hydrogen) atoms. The van der Waals surface area contributed by atoms with Gasteiger partial charge in [0.15, 0.2) is 0 Å². The van der Waals surface area contributed by atoms with Gasteiger partial charge in [-0.05, 0) is 0 Å². The summed E-state index contributed by atoms with van der Waals surface area (Å²) in [6.07, 6.45) is -3.94. The van der Waals surface area contributed by atoms with E-state index in [1.54, 1.807) is 13.8 Å². The first kappa shape index (κ1) is 11.5. The number of hydrogen-bond donors (Lipinski definition) is 0. The van der Waals surface area contributed by atoms with Gasteiger partial charge in [0.05, 0.1) is 6.54 Å². The Kier molecular flexibility index (Phi) is 2.90. The lowest BCUT2D eigenvalue weighted by atomic mass is 9.83. The molecule has 0 amide bonds. The largest absolute Gasteiger partial charge is 0.401 e. The molecule has 1 heterocycles. The molecule has 2 nitrogen and oxygen atoms in total. The number of carbonyl (C=O) groups is 1. The molecule has 0 atom stereocenters. The monoisotopic (exact) mass is 209 g/mol. The Hall–Kier alpha value is -0.580. The van der Waals surface area contributed by atoms with E-state index in [9.17, 15) is 18.0 Å². The molecule has 0 aromatic rings. The second-order valence-corrected chi connectivity index (χ2v) is 4.38. The number of hydrogen-bond acceptors (Lipinski definition) is 2. The van der Waals surface area contributed by atoms with Crippen LogP contribution in [0.2, 0.25) is 0 Å². The quantitative estimate of drug-likeness (QED) is 0.656. The fraction of sp³-hybridized carbons (Fsp3) is 0.889. The maximum atomic E-state index is 12.1. The SMILES string of the molecule is CC1(C)CN(CC(F)(F)F)CCC1=O. The Bertz CT molecular complexity index is 235. The summed E-state index contributed by atoms with van der Waals surface area (Å²) in [5.41, 5.74) is -0.635. The normalized spacial score (nSPS) is 23.9. The molecule has 0 saturated carbocycles. The van der Waals surface area contributed by atoms with Crippen molar-refractivity contribution >= 4 is 5.78 Å². The van der Waals surface area contributed by atoms with Crippen molar-refractivity contribution in [1.82, 2.24) is 4.90 Å². The molecule has 0 bridgehead atoms. The third kappa shape index (κ3) is 2.97. The molecule has 5 heteroatoms. The van der Waals surface area contributed by atoms with Crippen molar-refractivity contribution in [1.29, 1.82) is 0 Å². The average Bonchev–Trinajstić information content (AvgIpc) is 1.93. The van der Waals surface area contributed by atoms with E-state index in [2.05, 4.69) is 0 Å². The zero-order valence-corrected chi connectivity index (χ0v) is 8.32. The topological polar surface area (TPSA) is 20.3 Å². The third-order valence-electron chi connectivity index (χ3n) is 2.43. The molecule has 0 aliphatic carbocycles. The number of alkyl halides is 3. The summed E-state index contributed by atoms with van der Waals surface area (Å²) in [6.45, 7) is 2.90. The Labute approximate surface area is 81.1 Å². The summed E-state index contributed by atoms with van der Waals surface area (Å²) in [7, 11) is 0. The number of carbonyl (C=O) groups excluding carboxylic acids is 1. The number of likely N-dealkylation sites (tertiary alicyclic amines) is 1. The van der Waals surface area contributed by atoms with E-state index in [4.69, 9.17) is 0 Å². The minimum atomic E-state index is -4.17. The first-order valence-electron chi connectivity index (χ1n) is 4.53. The van der Waals surface area contributed by atoms with Gasteiger partial charge in [0, 0.05) is 24.9 Å². The number of nitrogens with zero attached hydrogens (tertiary/aromatic N) is 1. The van der Waals surface area contributed by atoms with Crippen LogP contribution in [0.3, 0.4) is 0 Å². The second kappa shape index (κ2) is 3.53. The first-order chi connectivity index (χ1) is 6.21. The minimum absolute atomic E-state index is 0.0518. The van der Waals surface area contributed by atoms with Gasteiger partial charge in [-0.1, -0.05) is 13.8 Å². The molecule has 0 aromatic carbocycles. The molecular weight excluding hydrogens is 195 g/mol. The van der Waals surface area contributed by atoms with E-state index in [0.29, 0.717) is 0 Å². The summed E-state index contributed by atoms with van der Waals surface area (Å²) in [5, 5.41) is 0. The molecular formula is C9H14F3NO. The van der Waals surface area contributed by atoms with E-state index < -0.39 is 18.1 Å². The van der Waals surface area contributed by atoms with Crippen LogP contribution in [-0.2, 0) is 4.79 Å². The van der Waals surface area contributed by atoms with Crippen molar-refractivity contribution in [3.8, 4) is 0 Å². The molecule has 0 unspecified atom stereocenters. The van der Waals surface area contributed by atoms with E-state index in [1.165, 1.54) is 4.90 Å². The van der Waals surface area contributed by atoms with Gasteiger partial charge < -0.3 is 0 Å². The van der Waals surface area contributed by atoms with Crippen molar-refractivity contribution in [2.24, 2.45) is 5.41 Å². The zero-order valence-electron chi connectivity index (χ0n) is 8.32. The molecule has 1 aliphatic rings. The van der Waals surface area contributed by atoms with Crippen LogP contribution in [0, 0.1) is 5.41 Å². The molecule has 1 saturated heterocycles. The average molecular weight is 209 g/mol. The smallest absolute Gasteiger partial charge is 0.299 e. The highest BCUT2D eigenvalue weighted by molar-refractivity contribution is 5.85. The highest BCUT2D eigenvalue weighted by Gasteiger charge is 2.38. The highest BCUT2D eigenvalue weighted by atomic mass is 19.4. The molecule has 0 aromatic heterocycles. The van der Waals surface area contributed by atoms with Gasteiger partial charge in [-0.25, -0.2) is 0 Å². The summed E-state index contributed by atoms with van der Waals surface area (Å²) < 4.78 is 36.2. The van der Waals surface area contributed by atoms with Gasteiger partial charge in [0.1, 0.15) is 5.78 Å². The second-order valence-electron chi connectivity index (χ2n) is 4.38. The summed E-state index contributed by atoms with van der Waals surface area (Å²) in [4.78, 5) is 12.6. The van der Waals surface area contributed by atoms with Gasteiger partial charge in [0.25, 0.3) is 0 Å². The molecule has 1 rings (SSSR count). The molecule has 1 aliphatic heterocycles. The Morgan fingerprint density at radius 2 is 2.00 bits per heavy atom. The van der Waals surface area contributed by atoms with Gasteiger partial charge in [-0.3, -0.25) is 9.69 Å². The lowest BCUT2D eigenvalue weighted by molar-refractivity contribution is -0.157. The maximum absolute atomic E-state index is 12.1. The van der Waals surface area contributed by atoms with E-state index in [1.807, 2.05) is 0 Å². The Morgan fingerprint density at radius 3 is 2.43 bits per heavy atom. The molecule has 1 fully saturated rings. The number of ketones is 1. The fourth-order valence-corrected chi connectivity index (χ4v) is 1.71. The molecule has 82 valence electrons. The third-order valence-corrected chi connectivity index (χ3v) is 2.43. The zero-order chi connectivity index (χ0) is 11.0. The minimum Gasteiger partial charge on any atom is -0.299 e. The van der Waals surface area contributed by atoms with E-state index >= 15 is 0 Å². The van der Waals surface area contributed by atoms with Crippen molar-refractivity contribution < 1.29 is 18.0 Å². The highest BCUT2D eigenvalue weighted by Crippen LogP contribution is 2.27. The standard InChI is InChI=1S/C9H14F3NO/c1-8(2)5-13(4-3-7(8)14)6-9(10,11)12/h3-6H2,1-2H3. The van der Waals surface area contributed by atoms with Crippen LogP contribution < -0.4 is 0 Å². The van der Waals surface area contributed by atoms with Gasteiger partial charge in [-0.15, -0.1) is 0 Å². The number of Topliss-reactive ketones (excluding diaryl/α,β-unsaturated/α-hetero) is 1. The van der Waals surface area contributed by atoms with Crippen molar-refractivity contribution in [2.75, 3.05) is 19.6 Å². The lowest BCUT2D eigenvalue weighted by Gasteiger charge is -2.36. The van der Waals surface area contributed by atoms with Crippen LogP contribution >= 0.6 is 0 Å². The summed E-state index contributed by atoms with van der Waals surface area (Å²) >= 11 is 0. The summed E-state index contributed by atoms with van der Waals surface area (Å²) in [5.74, 6) is 0.0518. The molecule has 0 N–H and O–H groups in total. The Morgan fingerprint density at radius 1 is 1.43 bits per heavy atom. The van der Waals surface area contributed by atoms with Crippen LogP contribution in [0.5, 0.6) is 0 Å². The fourth-order valence-electron chi connectivity index (χ4n) is 1.71. The van der Waals surface area contributed by atoms with Crippen molar-refractivity contribution in [2.45, 2.75) is 26.4 Å². The maximum Gasteiger partial charge on any atom is 0.401 e. The van der Waals surface area contributed by atoms with Crippen LogP contribution in [0.1, 0.15) is 20.3 Å². The van der Waals surface area contributed by atoms with E-state index in [-0.39, 0.29) is 25.3 Å². The Balaban J connectivity index is 2.56. The number of halogens is 3. The van der Waals surface area contributed by atoms with E-state index in [0.717, 1.165) is 0 Å². The van der Waals surface area contributed by atoms with Crippen molar-refractivity contribution in [3.63, 3.8) is 0 Å². The van der Waals surface area contributed by atoms with Gasteiger partial charge in [0.2, 0.25) is 0 Å². The van der Waals surface area contributed by atoms with Crippen LogP contribution in [0.15, 0.2) is 0 Å². The number of rotatable bonds is 1. The predicted octanol–water partition coefficient (Wildman–Crippen LogP) is 1.85.